The number of fused-ring (bicyclic) bond motifs is 1. The van der Waals surface area contributed by atoms with E-state index in [0.29, 0.717) is 37.4 Å². The molecule has 0 unspecified atom stereocenters. The molecule has 3 heterocycles. The van der Waals surface area contributed by atoms with Crippen LogP contribution in [0, 0.1) is 17.6 Å². The smallest absolute Gasteiger partial charge is 0.322 e. The lowest BCUT2D eigenvalue weighted by atomic mass is 9.97. The molecular formula is C20H22F2N4O3. The highest BCUT2D eigenvalue weighted by Crippen LogP contribution is 2.25. The quantitative estimate of drug-likeness (QED) is 0.794. The number of nitrogens with one attached hydrogen (secondary N) is 1. The van der Waals surface area contributed by atoms with Crippen molar-refractivity contribution in [1.82, 2.24) is 14.7 Å². The molecule has 1 aromatic carbocycles. The van der Waals surface area contributed by atoms with Gasteiger partial charge in [0, 0.05) is 31.4 Å². The number of ether oxygens (including phenoxy) is 1. The van der Waals surface area contributed by atoms with Crippen LogP contribution in [0.4, 0.5) is 19.3 Å². The summed E-state index contributed by atoms with van der Waals surface area (Å²) in [5.41, 5.74) is 1.37. The Morgan fingerprint density at radius 3 is 2.86 bits per heavy atom. The first kappa shape index (κ1) is 19.5. The van der Waals surface area contributed by atoms with Gasteiger partial charge in [0.15, 0.2) is 17.4 Å². The molecule has 2 aliphatic heterocycles. The minimum absolute atomic E-state index is 0.00253. The van der Waals surface area contributed by atoms with Gasteiger partial charge in [-0.2, -0.15) is 5.10 Å². The van der Waals surface area contributed by atoms with E-state index in [1.54, 1.807) is 15.8 Å². The van der Waals surface area contributed by atoms with E-state index in [2.05, 4.69) is 10.4 Å². The second-order valence-corrected chi connectivity index (χ2v) is 7.58. The molecular weight excluding hydrogens is 382 g/mol. The van der Waals surface area contributed by atoms with Crippen molar-refractivity contribution in [3.05, 3.63) is 47.3 Å². The summed E-state index contributed by atoms with van der Waals surface area (Å²) in [5, 5.41) is 6.91. The summed E-state index contributed by atoms with van der Waals surface area (Å²) in [6, 6.07) is 2.57. The summed E-state index contributed by atoms with van der Waals surface area (Å²) in [4.78, 5) is 27.0. The lowest BCUT2D eigenvalue weighted by molar-refractivity contribution is 0.0947. The number of carbonyl (C=O) groups excluding carboxylic acids is 2. The predicted molar refractivity (Wildman–Crippen MR) is 100 cm³/mol. The van der Waals surface area contributed by atoms with E-state index in [9.17, 15) is 18.4 Å². The van der Waals surface area contributed by atoms with Crippen LogP contribution in [0.5, 0.6) is 0 Å². The van der Waals surface area contributed by atoms with Crippen LogP contribution in [0.1, 0.15) is 35.8 Å². The first-order valence-corrected chi connectivity index (χ1v) is 9.60. The highest BCUT2D eigenvalue weighted by atomic mass is 19.2. The van der Waals surface area contributed by atoms with Crippen molar-refractivity contribution in [1.29, 1.82) is 0 Å². The molecule has 7 nitrogen and oxygen atoms in total. The molecule has 29 heavy (non-hydrogen) atoms. The lowest BCUT2D eigenvalue weighted by Crippen LogP contribution is -2.47. The fourth-order valence-corrected chi connectivity index (χ4v) is 3.79. The molecule has 4 rings (SSSR count). The van der Waals surface area contributed by atoms with Crippen LogP contribution in [0.2, 0.25) is 0 Å². The van der Waals surface area contributed by atoms with E-state index in [-0.39, 0.29) is 30.0 Å². The van der Waals surface area contributed by atoms with Gasteiger partial charge in [0.05, 0.1) is 36.6 Å². The number of rotatable bonds is 4. The van der Waals surface area contributed by atoms with Crippen molar-refractivity contribution < 1.29 is 23.1 Å². The molecule has 0 bridgehead atoms. The number of urea groups is 1. The van der Waals surface area contributed by atoms with Crippen molar-refractivity contribution in [2.75, 3.05) is 18.5 Å². The fourth-order valence-electron chi connectivity index (χ4n) is 3.79. The van der Waals surface area contributed by atoms with E-state index in [0.717, 1.165) is 18.6 Å². The number of hydrogen-bond donors (Lipinski definition) is 1. The molecule has 1 N–H and O–H groups in total. The number of aromatic nitrogens is 2. The molecule has 9 heteroatoms. The van der Waals surface area contributed by atoms with Crippen molar-refractivity contribution in [2.24, 2.45) is 5.92 Å². The SMILES string of the molecule is C[C@@H]1Cn2ncc(C(=O)C[C@H]3CCOC3)c2CN1C(=O)Nc1ccc(F)c(F)c1. The van der Waals surface area contributed by atoms with Crippen molar-refractivity contribution in [2.45, 2.75) is 38.9 Å². The molecule has 1 aromatic heterocycles. The zero-order valence-corrected chi connectivity index (χ0v) is 16.0. The summed E-state index contributed by atoms with van der Waals surface area (Å²) in [5.74, 6) is -1.80. The third-order valence-corrected chi connectivity index (χ3v) is 5.47. The Bertz CT molecular complexity index is 940. The maximum absolute atomic E-state index is 13.4. The number of ketones is 1. The largest absolute Gasteiger partial charge is 0.381 e. The van der Waals surface area contributed by atoms with Crippen LogP contribution in [-0.4, -0.2) is 45.8 Å². The normalized spacial score (nSPS) is 21.1. The Hall–Kier alpha value is -2.81. The first-order chi connectivity index (χ1) is 13.9. The summed E-state index contributed by atoms with van der Waals surface area (Å²) in [6.45, 7) is 3.79. The van der Waals surface area contributed by atoms with E-state index >= 15 is 0 Å². The average molecular weight is 404 g/mol. The summed E-state index contributed by atoms with van der Waals surface area (Å²) in [7, 11) is 0. The van der Waals surface area contributed by atoms with Crippen molar-refractivity contribution in [3.63, 3.8) is 0 Å². The van der Waals surface area contributed by atoms with E-state index < -0.39 is 17.7 Å². The number of Topliss-reactive ketones (excluding diaryl/α,β-unsaturated/α-hetero) is 1. The summed E-state index contributed by atoms with van der Waals surface area (Å²) < 4.78 is 33.6. The van der Waals surface area contributed by atoms with Gasteiger partial charge in [0.25, 0.3) is 0 Å². The molecule has 1 fully saturated rings. The maximum Gasteiger partial charge on any atom is 0.322 e. The molecule has 0 aliphatic carbocycles. The number of amides is 2. The molecule has 2 aromatic rings. The fraction of sp³-hybridized carbons (Fsp3) is 0.450. The van der Waals surface area contributed by atoms with Crippen LogP contribution in [0.15, 0.2) is 24.4 Å². The molecule has 2 atom stereocenters. The Morgan fingerprint density at radius 2 is 2.14 bits per heavy atom. The van der Waals surface area contributed by atoms with E-state index in [4.69, 9.17) is 4.74 Å². The van der Waals surface area contributed by atoms with E-state index in [1.807, 2.05) is 6.92 Å². The van der Waals surface area contributed by atoms with Crippen molar-refractivity contribution in [3.8, 4) is 0 Å². The number of anilines is 1. The molecule has 0 radical (unpaired) electrons. The first-order valence-electron chi connectivity index (χ1n) is 9.60. The van der Waals surface area contributed by atoms with Gasteiger partial charge in [0.2, 0.25) is 0 Å². The van der Waals surface area contributed by atoms with Gasteiger partial charge in [-0.1, -0.05) is 0 Å². The number of nitrogens with zero attached hydrogens (tertiary/aromatic N) is 3. The van der Waals surface area contributed by atoms with Gasteiger partial charge in [-0.3, -0.25) is 9.48 Å². The lowest BCUT2D eigenvalue weighted by Gasteiger charge is -2.34. The zero-order valence-electron chi connectivity index (χ0n) is 16.0. The summed E-state index contributed by atoms with van der Waals surface area (Å²) >= 11 is 0. The number of benzene rings is 1. The molecule has 1 saturated heterocycles. The molecule has 0 spiro atoms. The topological polar surface area (TPSA) is 76.5 Å². The van der Waals surface area contributed by atoms with Gasteiger partial charge < -0.3 is 15.0 Å². The van der Waals surface area contributed by atoms with E-state index in [1.165, 1.54) is 6.07 Å². The minimum atomic E-state index is -1.03. The van der Waals surface area contributed by atoms with Gasteiger partial charge in [-0.25, -0.2) is 13.6 Å². The average Bonchev–Trinajstić information content (AvgIpc) is 3.33. The highest BCUT2D eigenvalue weighted by molar-refractivity contribution is 5.97. The molecule has 154 valence electrons. The third-order valence-electron chi connectivity index (χ3n) is 5.47. The highest BCUT2D eigenvalue weighted by Gasteiger charge is 2.32. The van der Waals surface area contributed by atoms with Gasteiger partial charge in [-0.05, 0) is 31.4 Å². The number of hydrogen-bond acceptors (Lipinski definition) is 4. The molecule has 2 amide bonds. The predicted octanol–water partition coefficient (Wildman–Crippen LogP) is 3.21. The zero-order chi connectivity index (χ0) is 20.5. The monoisotopic (exact) mass is 404 g/mol. The Kier molecular flexibility index (Phi) is 5.31. The van der Waals surface area contributed by atoms with Gasteiger partial charge >= 0.3 is 6.03 Å². The number of halogens is 2. The molecule has 0 saturated carbocycles. The van der Waals surface area contributed by atoms with Crippen LogP contribution in [-0.2, 0) is 17.8 Å². The summed E-state index contributed by atoms with van der Waals surface area (Å²) in [6.07, 6.45) is 2.83. The molecule has 2 aliphatic rings. The van der Waals surface area contributed by atoms with Crippen LogP contribution < -0.4 is 5.32 Å². The number of carbonyl (C=O) groups is 2. The second-order valence-electron chi connectivity index (χ2n) is 7.58. The Labute approximate surface area is 166 Å². The Balaban J connectivity index is 1.49. The minimum Gasteiger partial charge on any atom is -0.381 e. The standard InChI is InChI=1S/C20H22F2N4O3/c1-12-9-26-18(15(8-23-26)19(27)6-13-4-5-29-11-13)10-25(12)20(28)24-14-2-3-16(21)17(22)7-14/h2-3,7-8,12-13H,4-6,9-11H2,1H3,(H,24,28)/t12-,13-/m1/s1. The third kappa shape index (κ3) is 4.00. The van der Waals surface area contributed by atoms with Gasteiger partial charge in [-0.15, -0.1) is 0 Å². The van der Waals surface area contributed by atoms with Crippen LogP contribution in [0.3, 0.4) is 0 Å². The van der Waals surface area contributed by atoms with Crippen molar-refractivity contribution >= 4 is 17.5 Å². The van der Waals surface area contributed by atoms with Crippen LogP contribution >= 0.6 is 0 Å². The van der Waals surface area contributed by atoms with Crippen LogP contribution in [0.25, 0.3) is 0 Å². The maximum atomic E-state index is 13.4. The Morgan fingerprint density at radius 1 is 1.31 bits per heavy atom. The second kappa shape index (κ2) is 7.90. The van der Waals surface area contributed by atoms with Gasteiger partial charge in [0.1, 0.15) is 0 Å².